The number of nitriles is 1. The molecule has 1 rings (SSSR count). The molecule has 0 aromatic heterocycles. The number of rotatable bonds is 0. The summed E-state index contributed by atoms with van der Waals surface area (Å²) < 4.78 is 0. The smallest absolute Gasteiger partial charge is 0.0741 e. The van der Waals surface area contributed by atoms with Gasteiger partial charge in [-0.15, -0.1) is 0 Å². The molecule has 0 aliphatic carbocycles. The molecule has 3 heteroatoms. The van der Waals surface area contributed by atoms with Gasteiger partial charge >= 0.3 is 0 Å². The van der Waals surface area contributed by atoms with Gasteiger partial charge in [-0.2, -0.15) is 5.26 Å². The van der Waals surface area contributed by atoms with Gasteiger partial charge < -0.3 is 10.6 Å². The molecule has 1 aliphatic rings. The van der Waals surface area contributed by atoms with Gasteiger partial charge in [-0.05, 0) is 20.0 Å². The molecule has 0 amide bonds. The molecular formula is C7H13N3. The van der Waals surface area contributed by atoms with Crippen LogP contribution < -0.4 is 5.73 Å². The van der Waals surface area contributed by atoms with E-state index in [-0.39, 0.29) is 12.0 Å². The lowest BCUT2D eigenvalue weighted by atomic mass is 9.95. The number of hydrogen-bond acceptors (Lipinski definition) is 3. The van der Waals surface area contributed by atoms with Crippen molar-refractivity contribution >= 4 is 0 Å². The molecule has 56 valence electrons. The van der Waals surface area contributed by atoms with E-state index in [2.05, 4.69) is 11.0 Å². The number of piperidine rings is 1. The van der Waals surface area contributed by atoms with E-state index in [1.807, 2.05) is 7.05 Å². The number of likely N-dealkylation sites (tertiary alicyclic amines) is 1. The predicted molar refractivity (Wildman–Crippen MR) is 39.2 cm³/mol. The topological polar surface area (TPSA) is 53.0 Å². The molecule has 2 atom stereocenters. The van der Waals surface area contributed by atoms with E-state index in [0.717, 1.165) is 19.5 Å². The Morgan fingerprint density at radius 1 is 1.70 bits per heavy atom. The minimum atomic E-state index is 0.0405. The highest BCUT2D eigenvalue weighted by atomic mass is 15.1. The van der Waals surface area contributed by atoms with Gasteiger partial charge in [-0.3, -0.25) is 0 Å². The first-order valence-electron chi connectivity index (χ1n) is 3.58. The molecule has 0 bridgehead atoms. The normalized spacial score (nSPS) is 35.3. The van der Waals surface area contributed by atoms with Crippen molar-refractivity contribution in [1.29, 1.82) is 5.26 Å². The molecule has 10 heavy (non-hydrogen) atoms. The maximum atomic E-state index is 8.62. The second kappa shape index (κ2) is 3.00. The Morgan fingerprint density at radius 3 is 2.90 bits per heavy atom. The summed E-state index contributed by atoms with van der Waals surface area (Å²) >= 11 is 0. The van der Waals surface area contributed by atoms with Gasteiger partial charge in [0.15, 0.2) is 0 Å². The van der Waals surface area contributed by atoms with Crippen LogP contribution in [0.2, 0.25) is 0 Å². The van der Waals surface area contributed by atoms with Crippen molar-refractivity contribution in [3.8, 4) is 6.07 Å². The Labute approximate surface area is 61.4 Å². The lowest BCUT2D eigenvalue weighted by Crippen LogP contribution is -2.44. The maximum Gasteiger partial charge on any atom is 0.0741 e. The van der Waals surface area contributed by atoms with Gasteiger partial charge in [0, 0.05) is 12.6 Å². The predicted octanol–water partition coefficient (Wildman–Crippen LogP) is -0.211. The van der Waals surface area contributed by atoms with Gasteiger partial charge in [0.2, 0.25) is 0 Å². The molecule has 0 radical (unpaired) electrons. The summed E-state index contributed by atoms with van der Waals surface area (Å²) in [5.74, 6) is 0.0405. The minimum absolute atomic E-state index is 0.0405. The highest BCUT2D eigenvalue weighted by Gasteiger charge is 2.23. The third kappa shape index (κ3) is 1.47. The fourth-order valence-corrected chi connectivity index (χ4v) is 1.27. The zero-order valence-electron chi connectivity index (χ0n) is 6.25. The van der Waals surface area contributed by atoms with Crippen LogP contribution in [0.15, 0.2) is 0 Å². The minimum Gasteiger partial charge on any atom is -0.326 e. The van der Waals surface area contributed by atoms with Gasteiger partial charge in [0.25, 0.3) is 0 Å². The Balaban J connectivity index is 2.47. The highest BCUT2D eigenvalue weighted by molar-refractivity contribution is 4.95. The summed E-state index contributed by atoms with van der Waals surface area (Å²) in [6.07, 6.45) is 0.953. The van der Waals surface area contributed by atoms with Crippen molar-refractivity contribution in [2.45, 2.75) is 12.5 Å². The van der Waals surface area contributed by atoms with Crippen molar-refractivity contribution in [1.82, 2.24) is 4.90 Å². The average molecular weight is 139 g/mol. The summed E-state index contributed by atoms with van der Waals surface area (Å²) in [7, 11) is 2.02. The molecule has 0 aromatic carbocycles. The lowest BCUT2D eigenvalue weighted by Gasteiger charge is -2.30. The Morgan fingerprint density at radius 2 is 2.40 bits per heavy atom. The first kappa shape index (κ1) is 7.52. The van der Waals surface area contributed by atoms with E-state index in [1.54, 1.807) is 0 Å². The van der Waals surface area contributed by atoms with E-state index in [0.29, 0.717) is 0 Å². The van der Waals surface area contributed by atoms with Crippen LogP contribution in [0.3, 0.4) is 0 Å². The fourth-order valence-electron chi connectivity index (χ4n) is 1.27. The van der Waals surface area contributed by atoms with Crippen LogP contribution in [0.5, 0.6) is 0 Å². The quantitative estimate of drug-likeness (QED) is 0.505. The zero-order valence-corrected chi connectivity index (χ0v) is 6.25. The van der Waals surface area contributed by atoms with Gasteiger partial charge in [-0.1, -0.05) is 0 Å². The first-order valence-corrected chi connectivity index (χ1v) is 3.58. The van der Waals surface area contributed by atoms with Crippen LogP contribution in [0.1, 0.15) is 6.42 Å². The summed E-state index contributed by atoms with van der Waals surface area (Å²) in [5.41, 5.74) is 5.70. The molecule has 1 aliphatic heterocycles. The maximum absolute atomic E-state index is 8.62. The summed E-state index contributed by atoms with van der Waals surface area (Å²) in [6, 6.07) is 2.32. The van der Waals surface area contributed by atoms with Crippen LogP contribution in [-0.2, 0) is 0 Å². The van der Waals surface area contributed by atoms with Crippen molar-refractivity contribution in [2.24, 2.45) is 11.7 Å². The second-order valence-electron chi connectivity index (χ2n) is 2.95. The summed E-state index contributed by atoms with van der Waals surface area (Å²) in [6.45, 7) is 1.86. The molecule has 0 unspecified atom stereocenters. The van der Waals surface area contributed by atoms with Gasteiger partial charge in [0.05, 0.1) is 12.0 Å². The van der Waals surface area contributed by atoms with Crippen molar-refractivity contribution in [3.05, 3.63) is 0 Å². The third-order valence-electron chi connectivity index (χ3n) is 2.04. The summed E-state index contributed by atoms with van der Waals surface area (Å²) in [4.78, 5) is 2.15. The van der Waals surface area contributed by atoms with Crippen molar-refractivity contribution in [3.63, 3.8) is 0 Å². The molecule has 1 heterocycles. The standard InChI is InChI=1S/C7H13N3/c1-10-3-2-7(9)6(4-8)5-10/h6-7H,2-3,5,9H2,1H3/t6-,7-/m1/s1. The molecule has 3 nitrogen and oxygen atoms in total. The zero-order chi connectivity index (χ0) is 7.56. The van der Waals surface area contributed by atoms with Crippen LogP contribution in [0.25, 0.3) is 0 Å². The monoisotopic (exact) mass is 139 g/mol. The van der Waals surface area contributed by atoms with E-state index in [9.17, 15) is 0 Å². The molecule has 0 aromatic rings. The van der Waals surface area contributed by atoms with Crippen LogP contribution in [-0.4, -0.2) is 31.1 Å². The van der Waals surface area contributed by atoms with Gasteiger partial charge in [0.1, 0.15) is 0 Å². The Kier molecular flexibility index (Phi) is 2.25. The Bertz CT molecular complexity index is 149. The van der Waals surface area contributed by atoms with E-state index in [1.165, 1.54) is 0 Å². The number of nitrogens with two attached hydrogens (primary N) is 1. The van der Waals surface area contributed by atoms with Crippen molar-refractivity contribution in [2.75, 3.05) is 20.1 Å². The Hall–Kier alpha value is -0.590. The van der Waals surface area contributed by atoms with Crippen molar-refractivity contribution < 1.29 is 0 Å². The average Bonchev–Trinajstić information content (AvgIpc) is 1.94. The van der Waals surface area contributed by atoms with Crippen LogP contribution in [0, 0.1) is 17.2 Å². The van der Waals surface area contributed by atoms with Gasteiger partial charge in [-0.25, -0.2) is 0 Å². The SMILES string of the molecule is CN1CC[C@@H](N)[C@H](C#N)C1. The molecule has 0 spiro atoms. The fraction of sp³-hybridized carbons (Fsp3) is 0.857. The molecule has 1 saturated heterocycles. The first-order chi connectivity index (χ1) is 4.74. The van der Waals surface area contributed by atoms with E-state index >= 15 is 0 Å². The van der Waals surface area contributed by atoms with E-state index < -0.39 is 0 Å². The summed E-state index contributed by atoms with van der Waals surface area (Å²) in [5, 5.41) is 8.62. The molecule has 2 N–H and O–H groups in total. The molecular weight excluding hydrogens is 126 g/mol. The second-order valence-corrected chi connectivity index (χ2v) is 2.95. The third-order valence-corrected chi connectivity index (χ3v) is 2.04. The highest BCUT2D eigenvalue weighted by Crippen LogP contribution is 2.12. The lowest BCUT2D eigenvalue weighted by molar-refractivity contribution is 0.218. The molecule has 1 fully saturated rings. The van der Waals surface area contributed by atoms with E-state index in [4.69, 9.17) is 11.0 Å². The number of nitrogens with zero attached hydrogens (tertiary/aromatic N) is 2. The molecule has 0 saturated carbocycles. The van der Waals surface area contributed by atoms with Crippen LogP contribution >= 0.6 is 0 Å². The number of hydrogen-bond donors (Lipinski definition) is 1. The van der Waals surface area contributed by atoms with Crippen LogP contribution in [0.4, 0.5) is 0 Å². The largest absolute Gasteiger partial charge is 0.326 e.